The molecule has 0 saturated heterocycles. The van der Waals surface area contributed by atoms with Gasteiger partial charge in [0.1, 0.15) is 0 Å². The number of hydrogen-bond donors (Lipinski definition) is 0. The molecule has 0 amide bonds. The van der Waals surface area contributed by atoms with E-state index in [0.717, 1.165) is 13.1 Å². The van der Waals surface area contributed by atoms with E-state index in [9.17, 15) is 0 Å². The van der Waals surface area contributed by atoms with Crippen LogP contribution in [0.5, 0.6) is 0 Å². The molecule has 0 bridgehead atoms. The topological polar surface area (TPSA) is 8.81 Å². The van der Waals surface area contributed by atoms with Crippen LogP contribution in [-0.4, -0.2) is 4.57 Å². The van der Waals surface area contributed by atoms with E-state index >= 15 is 0 Å². The van der Waals surface area contributed by atoms with Crippen molar-refractivity contribution in [1.29, 1.82) is 0 Å². The summed E-state index contributed by atoms with van der Waals surface area (Å²) in [5, 5.41) is 0. The van der Waals surface area contributed by atoms with Gasteiger partial charge in [0, 0.05) is 0 Å². The molecule has 0 aliphatic carbocycles. The van der Waals surface area contributed by atoms with Crippen LogP contribution in [-0.2, 0) is 13.1 Å². The predicted molar refractivity (Wildman–Crippen MR) is 109 cm³/mol. The van der Waals surface area contributed by atoms with Crippen LogP contribution in [0.1, 0.15) is 90.9 Å². The number of rotatable bonds is 14. The predicted octanol–water partition coefficient (Wildman–Crippen LogP) is 6.65. The second-order valence-electron chi connectivity index (χ2n) is 7.53. The number of nitrogens with zero attached hydrogens (tertiary/aromatic N) is 2. The second kappa shape index (κ2) is 12.1. The fraction of sp³-hybridized carbons (Fsp3) is 0.696. The fourth-order valence-electron chi connectivity index (χ4n) is 3.72. The van der Waals surface area contributed by atoms with Gasteiger partial charge in [-0.1, -0.05) is 77.3 Å². The van der Waals surface area contributed by atoms with Gasteiger partial charge in [0.2, 0.25) is 6.33 Å². The highest BCUT2D eigenvalue weighted by Gasteiger charge is 2.14. The molecule has 0 spiro atoms. The van der Waals surface area contributed by atoms with Crippen molar-refractivity contribution in [3.8, 4) is 0 Å². The lowest BCUT2D eigenvalue weighted by molar-refractivity contribution is -0.672. The van der Waals surface area contributed by atoms with Gasteiger partial charge in [-0.2, -0.15) is 0 Å². The first-order chi connectivity index (χ1) is 12.4. The van der Waals surface area contributed by atoms with Gasteiger partial charge in [0.05, 0.1) is 13.1 Å². The fourth-order valence-corrected chi connectivity index (χ4v) is 3.72. The zero-order valence-electron chi connectivity index (χ0n) is 16.7. The first-order valence-electron chi connectivity index (χ1n) is 10.8. The molecule has 1 heterocycles. The number of para-hydroxylation sites is 2. The Labute approximate surface area is 155 Å². The van der Waals surface area contributed by atoms with E-state index in [2.05, 4.69) is 53.6 Å². The maximum atomic E-state index is 2.48. The van der Waals surface area contributed by atoms with Gasteiger partial charge >= 0.3 is 0 Å². The Morgan fingerprint density at radius 2 is 1.32 bits per heavy atom. The Hall–Kier alpha value is -1.31. The third-order valence-corrected chi connectivity index (χ3v) is 5.28. The Kier molecular flexibility index (Phi) is 9.69. The Bertz CT molecular complexity index is 535. The minimum atomic E-state index is 1.16. The molecule has 0 atom stereocenters. The Balaban J connectivity index is 1.84. The van der Waals surface area contributed by atoms with Gasteiger partial charge in [-0.25, -0.2) is 9.13 Å². The molecule has 0 radical (unpaired) electrons. The van der Waals surface area contributed by atoms with Crippen LogP contribution in [0.2, 0.25) is 0 Å². The lowest BCUT2D eigenvalue weighted by Gasteiger charge is -2.00. The minimum absolute atomic E-state index is 1.16. The quantitative estimate of drug-likeness (QED) is 0.268. The monoisotopic (exact) mass is 343 g/mol. The van der Waals surface area contributed by atoms with E-state index in [-0.39, 0.29) is 0 Å². The first kappa shape index (κ1) is 20.0. The van der Waals surface area contributed by atoms with Crippen LogP contribution in [0.4, 0.5) is 0 Å². The average molecular weight is 344 g/mol. The van der Waals surface area contributed by atoms with Crippen LogP contribution < -0.4 is 4.57 Å². The molecule has 1 aromatic heterocycles. The standard InChI is InChI=1S/C23H39N2/c1-3-5-7-9-11-15-19-24-21-25(20-16-12-10-8-6-4-2)23-18-14-13-17-22(23)24/h13-14,17-18,21H,3-12,15-16,19-20H2,1-2H3/q+1. The lowest BCUT2D eigenvalue weighted by atomic mass is 10.1. The van der Waals surface area contributed by atoms with Crippen LogP contribution in [0, 0.1) is 0 Å². The summed E-state index contributed by atoms with van der Waals surface area (Å²) >= 11 is 0. The Morgan fingerprint density at radius 1 is 0.720 bits per heavy atom. The summed E-state index contributed by atoms with van der Waals surface area (Å²) in [7, 11) is 0. The summed E-state index contributed by atoms with van der Waals surface area (Å²) in [6, 6.07) is 8.92. The summed E-state index contributed by atoms with van der Waals surface area (Å²) in [6.45, 7) is 6.90. The molecule has 2 aromatic rings. The van der Waals surface area contributed by atoms with E-state index in [1.165, 1.54) is 88.1 Å². The third-order valence-electron chi connectivity index (χ3n) is 5.28. The molecule has 0 aliphatic heterocycles. The summed E-state index contributed by atoms with van der Waals surface area (Å²) in [5.41, 5.74) is 2.81. The average Bonchev–Trinajstić information content (AvgIpc) is 2.99. The van der Waals surface area contributed by atoms with Crippen molar-refractivity contribution in [3.05, 3.63) is 30.6 Å². The molecule has 25 heavy (non-hydrogen) atoms. The highest BCUT2D eigenvalue weighted by Crippen LogP contribution is 2.14. The van der Waals surface area contributed by atoms with Crippen LogP contribution >= 0.6 is 0 Å². The molecular formula is C23H39N2+. The number of aryl methyl sites for hydroxylation is 2. The summed E-state index contributed by atoms with van der Waals surface area (Å²) < 4.78 is 4.96. The molecule has 2 nitrogen and oxygen atoms in total. The number of imidazole rings is 1. The highest BCUT2D eigenvalue weighted by molar-refractivity contribution is 5.71. The van der Waals surface area contributed by atoms with Crippen molar-refractivity contribution < 1.29 is 4.57 Å². The second-order valence-corrected chi connectivity index (χ2v) is 7.53. The summed E-state index contributed by atoms with van der Waals surface area (Å²) in [6.07, 6.45) is 18.8. The molecule has 0 unspecified atom stereocenters. The van der Waals surface area contributed by atoms with Gasteiger partial charge in [0.25, 0.3) is 0 Å². The number of fused-ring (bicyclic) bond motifs is 1. The zero-order valence-corrected chi connectivity index (χ0v) is 16.7. The normalized spacial score (nSPS) is 11.4. The van der Waals surface area contributed by atoms with Crippen LogP contribution in [0.15, 0.2) is 30.6 Å². The number of hydrogen-bond acceptors (Lipinski definition) is 0. The largest absolute Gasteiger partial charge is 0.244 e. The zero-order chi connectivity index (χ0) is 17.7. The SMILES string of the molecule is CCCCCCCCn1c[n+](CCCCCCCC)c2ccccc21. The van der Waals surface area contributed by atoms with Crippen molar-refractivity contribution in [3.63, 3.8) is 0 Å². The molecule has 0 saturated carbocycles. The summed E-state index contributed by atoms with van der Waals surface area (Å²) in [4.78, 5) is 0. The summed E-state index contributed by atoms with van der Waals surface area (Å²) in [5.74, 6) is 0. The maximum Gasteiger partial charge on any atom is 0.244 e. The smallest absolute Gasteiger partial charge is 0.230 e. The molecule has 0 aliphatic rings. The molecule has 2 rings (SSSR count). The molecule has 140 valence electrons. The van der Waals surface area contributed by atoms with E-state index < -0.39 is 0 Å². The van der Waals surface area contributed by atoms with Crippen molar-refractivity contribution in [2.45, 2.75) is 104 Å². The Morgan fingerprint density at radius 3 is 2.04 bits per heavy atom. The number of benzene rings is 1. The third kappa shape index (κ3) is 6.84. The molecule has 1 aromatic carbocycles. The van der Waals surface area contributed by atoms with E-state index in [1.807, 2.05) is 0 Å². The molecule has 2 heteroatoms. The van der Waals surface area contributed by atoms with Gasteiger partial charge < -0.3 is 0 Å². The molecule has 0 N–H and O–H groups in total. The van der Waals surface area contributed by atoms with Gasteiger partial charge in [-0.05, 0) is 37.8 Å². The maximum absolute atomic E-state index is 2.48. The van der Waals surface area contributed by atoms with E-state index in [4.69, 9.17) is 0 Å². The van der Waals surface area contributed by atoms with Crippen molar-refractivity contribution in [2.24, 2.45) is 0 Å². The molecule has 0 fully saturated rings. The van der Waals surface area contributed by atoms with Crippen LogP contribution in [0.25, 0.3) is 11.0 Å². The van der Waals surface area contributed by atoms with Gasteiger partial charge in [-0.3, -0.25) is 0 Å². The highest BCUT2D eigenvalue weighted by atomic mass is 15.1. The molecular weight excluding hydrogens is 304 g/mol. The van der Waals surface area contributed by atoms with E-state index in [1.54, 1.807) is 0 Å². The minimum Gasteiger partial charge on any atom is -0.230 e. The van der Waals surface area contributed by atoms with Crippen molar-refractivity contribution in [1.82, 2.24) is 4.57 Å². The van der Waals surface area contributed by atoms with Gasteiger partial charge in [0.15, 0.2) is 11.0 Å². The van der Waals surface area contributed by atoms with Gasteiger partial charge in [-0.15, -0.1) is 0 Å². The first-order valence-corrected chi connectivity index (χ1v) is 10.8. The van der Waals surface area contributed by atoms with Crippen molar-refractivity contribution >= 4 is 11.0 Å². The lowest BCUT2D eigenvalue weighted by Crippen LogP contribution is -2.32. The van der Waals surface area contributed by atoms with E-state index in [0.29, 0.717) is 0 Å². The van der Waals surface area contributed by atoms with Crippen LogP contribution in [0.3, 0.4) is 0 Å². The number of aromatic nitrogens is 2. The number of unbranched alkanes of at least 4 members (excludes halogenated alkanes) is 10. The van der Waals surface area contributed by atoms with Crippen molar-refractivity contribution in [2.75, 3.05) is 0 Å².